The predicted molar refractivity (Wildman–Crippen MR) is 101 cm³/mol. The first kappa shape index (κ1) is 17.4. The molecule has 0 bridgehead atoms. The monoisotopic (exact) mass is 353 g/mol. The van der Waals surface area contributed by atoms with E-state index in [4.69, 9.17) is 4.74 Å². The molecule has 0 amide bonds. The molecule has 6 nitrogen and oxygen atoms in total. The minimum absolute atomic E-state index is 0.156. The smallest absolute Gasteiger partial charge is 0.151 e. The molecule has 2 aromatic heterocycles. The van der Waals surface area contributed by atoms with E-state index in [0.717, 1.165) is 57.4 Å². The third kappa shape index (κ3) is 4.02. The molecule has 6 heteroatoms. The quantitative estimate of drug-likeness (QED) is 0.844. The maximum Gasteiger partial charge on any atom is 0.151 e. The Balaban J connectivity index is 1.49. The molecule has 0 aromatic carbocycles. The van der Waals surface area contributed by atoms with Gasteiger partial charge in [0, 0.05) is 44.0 Å². The summed E-state index contributed by atoms with van der Waals surface area (Å²) in [5.74, 6) is 0.963. The lowest BCUT2D eigenvalue weighted by Gasteiger charge is -2.43. The number of nitrogens with zero attached hydrogens (tertiary/aromatic N) is 5. The van der Waals surface area contributed by atoms with Gasteiger partial charge in [-0.1, -0.05) is 6.07 Å². The average Bonchev–Trinajstić information content (AvgIpc) is 2.86. The normalized spacial score (nSPS) is 24.6. The van der Waals surface area contributed by atoms with Gasteiger partial charge >= 0.3 is 0 Å². The highest BCUT2D eigenvalue weighted by Gasteiger charge is 2.39. The van der Waals surface area contributed by atoms with E-state index in [1.54, 1.807) is 0 Å². The molecule has 2 aromatic rings. The zero-order valence-corrected chi connectivity index (χ0v) is 15.5. The standard InChI is InChI=1S/C20H27N5O/c1-17-5-6-19(23-22-17)25-10-11-26-16-20(15-25)7-3-9-24(14-20)13-18-4-2-8-21-12-18/h2,4-6,8,12H,3,7,9-11,13-16H2,1H3. The Labute approximate surface area is 155 Å². The second kappa shape index (κ2) is 7.68. The summed E-state index contributed by atoms with van der Waals surface area (Å²) in [7, 11) is 0. The number of piperidine rings is 1. The molecule has 0 aliphatic carbocycles. The van der Waals surface area contributed by atoms with Gasteiger partial charge in [-0.15, -0.1) is 5.10 Å². The maximum atomic E-state index is 6.03. The van der Waals surface area contributed by atoms with E-state index in [-0.39, 0.29) is 5.41 Å². The lowest BCUT2D eigenvalue weighted by molar-refractivity contribution is 0.0106. The van der Waals surface area contributed by atoms with Gasteiger partial charge in [0.1, 0.15) is 0 Å². The van der Waals surface area contributed by atoms with Crippen molar-refractivity contribution in [2.45, 2.75) is 26.3 Å². The van der Waals surface area contributed by atoms with Crippen molar-refractivity contribution in [2.24, 2.45) is 5.41 Å². The van der Waals surface area contributed by atoms with Crippen molar-refractivity contribution in [3.8, 4) is 0 Å². The molecule has 0 radical (unpaired) electrons. The molecule has 0 saturated carbocycles. The minimum Gasteiger partial charge on any atom is -0.379 e. The summed E-state index contributed by atoms with van der Waals surface area (Å²) in [6.07, 6.45) is 6.21. The van der Waals surface area contributed by atoms with Gasteiger partial charge in [0.2, 0.25) is 0 Å². The number of rotatable bonds is 3. The molecule has 26 heavy (non-hydrogen) atoms. The van der Waals surface area contributed by atoms with Gasteiger partial charge in [0.25, 0.3) is 0 Å². The van der Waals surface area contributed by atoms with E-state index in [2.05, 4.69) is 37.1 Å². The fourth-order valence-electron chi connectivity index (χ4n) is 4.19. The van der Waals surface area contributed by atoms with Crippen LogP contribution in [0, 0.1) is 12.3 Å². The number of ether oxygens (including phenoxy) is 1. The number of anilines is 1. The van der Waals surface area contributed by atoms with E-state index in [0.29, 0.717) is 0 Å². The van der Waals surface area contributed by atoms with Crippen LogP contribution < -0.4 is 4.90 Å². The number of aryl methyl sites for hydroxylation is 1. The summed E-state index contributed by atoms with van der Waals surface area (Å²) in [4.78, 5) is 9.16. The zero-order chi connectivity index (χ0) is 17.8. The third-order valence-corrected chi connectivity index (χ3v) is 5.42. The molecule has 1 unspecified atom stereocenters. The number of likely N-dealkylation sites (tertiary alicyclic amines) is 1. The first-order chi connectivity index (χ1) is 12.7. The van der Waals surface area contributed by atoms with Crippen LogP contribution in [0.4, 0.5) is 5.82 Å². The third-order valence-electron chi connectivity index (χ3n) is 5.42. The molecule has 4 heterocycles. The molecular formula is C20H27N5O. The van der Waals surface area contributed by atoms with Gasteiger partial charge in [0.15, 0.2) is 5.82 Å². The van der Waals surface area contributed by atoms with Gasteiger partial charge in [-0.3, -0.25) is 9.88 Å². The van der Waals surface area contributed by atoms with Crippen LogP contribution >= 0.6 is 0 Å². The molecule has 138 valence electrons. The van der Waals surface area contributed by atoms with Crippen molar-refractivity contribution in [3.63, 3.8) is 0 Å². The van der Waals surface area contributed by atoms with E-state index < -0.39 is 0 Å². The number of aromatic nitrogens is 3. The molecule has 1 spiro atoms. The second-order valence-electron chi connectivity index (χ2n) is 7.68. The molecule has 2 fully saturated rings. The molecule has 4 rings (SSSR count). The van der Waals surface area contributed by atoms with Crippen molar-refractivity contribution in [1.29, 1.82) is 0 Å². The predicted octanol–water partition coefficient (Wildman–Crippen LogP) is 2.30. The van der Waals surface area contributed by atoms with Gasteiger partial charge in [0.05, 0.1) is 18.9 Å². The summed E-state index contributed by atoms with van der Waals surface area (Å²) in [5.41, 5.74) is 2.39. The number of pyridine rings is 1. The van der Waals surface area contributed by atoms with Crippen molar-refractivity contribution in [1.82, 2.24) is 20.1 Å². The summed E-state index contributed by atoms with van der Waals surface area (Å²) < 4.78 is 6.03. The molecule has 2 aliphatic rings. The van der Waals surface area contributed by atoms with Crippen LogP contribution in [0.3, 0.4) is 0 Å². The van der Waals surface area contributed by atoms with Crippen LogP contribution in [0.1, 0.15) is 24.1 Å². The number of hydrogen-bond donors (Lipinski definition) is 0. The second-order valence-corrected chi connectivity index (χ2v) is 7.68. The fraction of sp³-hybridized carbons (Fsp3) is 0.550. The highest BCUT2D eigenvalue weighted by Crippen LogP contribution is 2.34. The lowest BCUT2D eigenvalue weighted by Crippen LogP contribution is -2.50. The van der Waals surface area contributed by atoms with E-state index in [1.165, 1.54) is 18.4 Å². The van der Waals surface area contributed by atoms with Gasteiger partial charge in [-0.05, 0) is 50.1 Å². The molecular weight excluding hydrogens is 326 g/mol. The largest absolute Gasteiger partial charge is 0.379 e. The molecule has 2 aliphatic heterocycles. The Bertz CT molecular complexity index is 708. The van der Waals surface area contributed by atoms with Crippen LogP contribution in [-0.4, -0.2) is 59.5 Å². The average molecular weight is 353 g/mol. The lowest BCUT2D eigenvalue weighted by atomic mass is 9.80. The van der Waals surface area contributed by atoms with Crippen molar-refractivity contribution in [3.05, 3.63) is 47.9 Å². The summed E-state index contributed by atoms with van der Waals surface area (Å²) in [6, 6.07) is 8.29. The van der Waals surface area contributed by atoms with Crippen LogP contribution in [0.2, 0.25) is 0 Å². The molecule has 2 saturated heterocycles. The summed E-state index contributed by atoms with van der Waals surface area (Å²) in [6.45, 7) is 8.56. The maximum absolute atomic E-state index is 6.03. The SMILES string of the molecule is Cc1ccc(N2CCOCC3(CCCN(Cc4cccnc4)C3)C2)nn1. The van der Waals surface area contributed by atoms with Gasteiger partial charge in [-0.2, -0.15) is 5.10 Å². The van der Waals surface area contributed by atoms with Crippen molar-refractivity contribution in [2.75, 3.05) is 44.3 Å². The Morgan fingerprint density at radius 1 is 1.15 bits per heavy atom. The van der Waals surface area contributed by atoms with E-state index in [1.807, 2.05) is 31.5 Å². The van der Waals surface area contributed by atoms with E-state index >= 15 is 0 Å². The van der Waals surface area contributed by atoms with Crippen LogP contribution in [-0.2, 0) is 11.3 Å². The minimum atomic E-state index is 0.156. The first-order valence-corrected chi connectivity index (χ1v) is 9.47. The number of hydrogen-bond acceptors (Lipinski definition) is 6. The van der Waals surface area contributed by atoms with Crippen molar-refractivity contribution >= 4 is 5.82 Å². The Kier molecular flexibility index (Phi) is 5.13. The van der Waals surface area contributed by atoms with Crippen molar-refractivity contribution < 1.29 is 4.74 Å². The highest BCUT2D eigenvalue weighted by atomic mass is 16.5. The summed E-state index contributed by atoms with van der Waals surface area (Å²) >= 11 is 0. The fourth-order valence-corrected chi connectivity index (χ4v) is 4.19. The first-order valence-electron chi connectivity index (χ1n) is 9.47. The van der Waals surface area contributed by atoms with E-state index in [9.17, 15) is 0 Å². The molecule has 1 atom stereocenters. The Hall–Kier alpha value is -2.05. The van der Waals surface area contributed by atoms with Gasteiger partial charge in [-0.25, -0.2) is 0 Å². The highest BCUT2D eigenvalue weighted by molar-refractivity contribution is 5.38. The Morgan fingerprint density at radius 2 is 2.12 bits per heavy atom. The molecule has 0 N–H and O–H groups in total. The van der Waals surface area contributed by atoms with Crippen LogP contribution in [0.15, 0.2) is 36.7 Å². The van der Waals surface area contributed by atoms with Crippen LogP contribution in [0.5, 0.6) is 0 Å². The topological polar surface area (TPSA) is 54.4 Å². The van der Waals surface area contributed by atoms with Gasteiger partial charge < -0.3 is 9.64 Å². The summed E-state index contributed by atoms with van der Waals surface area (Å²) in [5, 5.41) is 8.65. The Morgan fingerprint density at radius 3 is 2.92 bits per heavy atom. The van der Waals surface area contributed by atoms with Crippen LogP contribution in [0.25, 0.3) is 0 Å². The zero-order valence-electron chi connectivity index (χ0n) is 15.5.